The van der Waals surface area contributed by atoms with E-state index in [9.17, 15) is 0 Å². The van der Waals surface area contributed by atoms with Gasteiger partial charge in [-0.15, -0.1) is 0 Å². The van der Waals surface area contributed by atoms with Crippen LogP contribution in [0.2, 0.25) is 0 Å². The van der Waals surface area contributed by atoms with Gasteiger partial charge in [0.05, 0.1) is 0 Å². The van der Waals surface area contributed by atoms with Gasteiger partial charge in [0.15, 0.2) is 0 Å². The number of hydrogen-bond donors (Lipinski definition) is 0. The molecule has 0 unspecified atom stereocenters. The van der Waals surface area contributed by atoms with E-state index in [1.165, 1.54) is 55.6 Å². The maximum Gasteiger partial charge on any atom is 0.135 e. The summed E-state index contributed by atoms with van der Waals surface area (Å²) < 4.78 is 6.15. The predicted octanol–water partition coefficient (Wildman–Crippen LogP) is 18.7. The van der Waals surface area contributed by atoms with Crippen LogP contribution in [0.5, 0.6) is 0 Å². The van der Waals surface area contributed by atoms with Gasteiger partial charge in [-0.1, -0.05) is 194 Å². The predicted molar refractivity (Wildman–Crippen MR) is 286 cm³/mol. The molecule has 0 amide bonds. The SMILES string of the molecule is c1ccc(-c2cccc(-c3cccc(-c4ccc(N(c5ccc(-c6cccc(-c7cccc(-c8ccccc8)c7)c6)cc5)c5ccc(-c6ccc7oc8ccccc8c7c6)cc5)cc4)c3)c2)cc1. The minimum atomic E-state index is 0.901. The molecule has 12 aromatic rings. The molecule has 0 radical (unpaired) electrons. The zero-order valence-corrected chi connectivity index (χ0v) is 37.3. The molecule has 1 heterocycles. The Morgan fingerprint density at radius 1 is 0.191 bits per heavy atom. The van der Waals surface area contributed by atoms with Crippen LogP contribution in [0.3, 0.4) is 0 Å². The van der Waals surface area contributed by atoms with E-state index in [0.29, 0.717) is 0 Å². The molecular weight excluding hydrogens is 823 g/mol. The van der Waals surface area contributed by atoms with Crippen LogP contribution in [0, 0.1) is 0 Å². The molecule has 320 valence electrons. The third kappa shape index (κ3) is 8.06. The molecule has 12 rings (SSSR count). The van der Waals surface area contributed by atoms with E-state index < -0.39 is 0 Å². The Balaban J connectivity index is 0.875. The first-order chi connectivity index (χ1) is 33.7. The average Bonchev–Trinajstić information content (AvgIpc) is 3.80. The Kier molecular flexibility index (Phi) is 10.6. The van der Waals surface area contributed by atoms with Crippen molar-refractivity contribution >= 4 is 39.0 Å². The van der Waals surface area contributed by atoms with Crippen molar-refractivity contribution in [3.63, 3.8) is 0 Å². The van der Waals surface area contributed by atoms with Crippen LogP contribution in [-0.4, -0.2) is 0 Å². The number of anilines is 3. The topological polar surface area (TPSA) is 16.4 Å². The molecule has 68 heavy (non-hydrogen) atoms. The first kappa shape index (κ1) is 40.5. The van der Waals surface area contributed by atoms with Gasteiger partial charge in [0.1, 0.15) is 11.2 Å². The molecule has 0 atom stereocenters. The molecule has 0 aliphatic heterocycles. The maximum atomic E-state index is 6.15. The molecule has 0 N–H and O–H groups in total. The highest BCUT2D eigenvalue weighted by atomic mass is 16.3. The summed E-state index contributed by atoms with van der Waals surface area (Å²) in [6.45, 7) is 0. The monoisotopic (exact) mass is 867 g/mol. The standard InChI is InChI=1S/C66H45NO/c1-3-13-46(14-4-1)51-17-9-21-55(41-51)57-23-11-19-53(43-57)48-27-34-60(35-28-48)67(62-38-31-50(32-39-62)59-33-40-66-64(45-59)63-25-7-8-26-65(63)68-66)61-36-29-49(30-37-61)54-20-12-24-58(44-54)56-22-10-18-52(42-56)47-15-5-2-6-16-47/h1-45H. The zero-order valence-electron chi connectivity index (χ0n) is 37.3. The van der Waals surface area contributed by atoms with Crippen molar-refractivity contribution in [2.45, 2.75) is 0 Å². The summed E-state index contributed by atoms with van der Waals surface area (Å²) in [5.41, 5.74) is 21.7. The smallest absolute Gasteiger partial charge is 0.135 e. The van der Waals surface area contributed by atoms with Gasteiger partial charge in [-0.3, -0.25) is 0 Å². The van der Waals surface area contributed by atoms with Gasteiger partial charge in [-0.25, -0.2) is 0 Å². The number of hydrogen-bond acceptors (Lipinski definition) is 2. The van der Waals surface area contributed by atoms with Gasteiger partial charge >= 0.3 is 0 Å². The largest absolute Gasteiger partial charge is 0.456 e. The molecule has 0 fully saturated rings. The highest BCUT2D eigenvalue weighted by molar-refractivity contribution is 6.06. The van der Waals surface area contributed by atoms with Gasteiger partial charge in [-0.2, -0.15) is 0 Å². The lowest BCUT2D eigenvalue weighted by atomic mass is 9.96. The summed E-state index contributed by atoms with van der Waals surface area (Å²) in [6.07, 6.45) is 0. The molecule has 11 aromatic carbocycles. The fourth-order valence-electron chi connectivity index (χ4n) is 9.54. The van der Waals surface area contributed by atoms with Crippen LogP contribution >= 0.6 is 0 Å². The number of rotatable bonds is 10. The van der Waals surface area contributed by atoms with Crippen LogP contribution in [0.25, 0.3) is 99.8 Å². The van der Waals surface area contributed by atoms with Gasteiger partial charge < -0.3 is 9.32 Å². The third-order valence-electron chi connectivity index (χ3n) is 13.1. The van der Waals surface area contributed by atoms with Crippen molar-refractivity contribution in [1.82, 2.24) is 0 Å². The molecule has 0 aliphatic carbocycles. The van der Waals surface area contributed by atoms with Crippen molar-refractivity contribution in [2.75, 3.05) is 4.90 Å². The van der Waals surface area contributed by atoms with Crippen molar-refractivity contribution in [2.24, 2.45) is 0 Å². The Morgan fingerprint density at radius 2 is 0.471 bits per heavy atom. The van der Waals surface area contributed by atoms with Gasteiger partial charge in [0.2, 0.25) is 0 Å². The van der Waals surface area contributed by atoms with E-state index in [2.05, 4.69) is 266 Å². The second-order valence-electron chi connectivity index (χ2n) is 17.3. The molecule has 0 bridgehead atoms. The van der Waals surface area contributed by atoms with Crippen molar-refractivity contribution in [3.8, 4) is 77.9 Å². The Hall–Kier alpha value is -8.98. The number of fused-ring (bicyclic) bond motifs is 3. The number of nitrogens with zero attached hydrogens (tertiary/aromatic N) is 1. The summed E-state index contributed by atoms with van der Waals surface area (Å²) in [4.78, 5) is 2.35. The van der Waals surface area contributed by atoms with Crippen molar-refractivity contribution in [3.05, 3.63) is 273 Å². The van der Waals surface area contributed by atoms with Crippen molar-refractivity contribution < 1.29 is 4.42 Å². The molecular formula is C66H45NO. The maximum absolute atomic E-state index is 6.15. The minimum Gasteiger partial charge on any atom is -0.456 e. The van der Waals surface area contributed by atoms with Crippen LogP contribution in [0.1, 0.15) is 0 Å². The quantitative estimate of drug-likeness (QED) is 0.136. The van der Waals surface area contributed by atoms with E-state index >= 15 is 0 Å². The Labute approximate surface area is 397 Å². The van der Waals surface area contributed by atoms with E-state index in [1.807, 2.05) is 12.1 Å². The van der Waals surface area contributed by atoms with E-state index in [4.69, 9.17) is 4.42 Å². The summed E-state index contributed by atoms with van der Waals surface area (Å²) in [6, 6.07) is 98.1. The lowest BCUT2D eigenvalue weighted by Crippen LogP contribution is -2.09. The molecule has 0 saturated heterocycles. The number of furan rings is 1. The molecule has 2 heteroatoms. The second kappa shape index (κ2) is 17.8. The Bertz CT molecular complexity index is 3530. The summed E-state index contributed by atoms with van der Waals surface area (Å²) in [5.74, 6) is 0. The highest BCUT2D eigenvalue weighted by Crippen LogP contribution is 2.40. The van der Waals surface area contributed by atoms with E-state index in [-0.39, 0.29) is 0 Å². The zero-order chi connectivity index (χ0) is 45.2. The van der Waals surface area contributed by atoms with Crippen LogP contribution in [0.15, 0.2) is 277 Å². The van der Waals surface area contributed by atoms with E-state index in [0.717, 1.165) is 61.3 Å². The Morgan fingerprint density at radius 3 is 0.868 bits per heavy atom. The average molecular weight is 868 g/mol. The minimum absolute atomic E-state index is 0.901. The van der Waals surface area contributed by atoms with Crippen molar-refractivity contribution in [1.29, 1.82) is 0 Å². The molecule has 0 saturated carbocycles. The van der Waals surface area contributed by atoms with Gasteiger partial charge in [0.25, 0.3) is 0 Å². The summed E-state index contributed by atoms with van der Waals surface area (Å²) in [5, 5.41) is 2.26. The lowest BCUT2D eigenvalue weighted by molar-refractivity contribution is 0.669. The normalized spacial score (nSPS) is 11.2. The molecule has 0 aliphatic rings. The highest BCUT2D eigenvalue weighted by Gasteiger charge is 2.16. The van der Waals surface area contributed by atoms with Crippen LogP contribution < -0.4 is 4.90 Å². The van der Waals surface area contributed by atoms with Crippen LogP contribution in [0.4, 0.5) is 17.1 Å². The fraction of sp³-hybridized carbons (Fsp3) is 0. The first-order valence-electron chi connectivity index (χ1n) is 23.2. The fourth-order valence-corrected chi connectivity index (χ4v) is 9.54. The molecule has 1 aromatic heterocycles. The van der Waals surface area contributed by atoms with Gasteiger partial charge in [0, 0.05) is 27.8 Å². The lowest BCUT2D eigenvalue weighted by Gasteiger charge is -2.26. The molecule has 2 nitrogen and oxygen atoms in total. The van der Waals surface area contributed by atoms with Crippen LogP contribution in [-0.2, 0) is 0 Å². The summed E-state index contributed by atoms with van der Waals surface area (Å²) in [7, 11) is 0. The van der Waals surface area contributed by atoms with Gasteiger partial charge in [-0.05, 0) is 157 Å². The molecule has 0 spiro atoms. The first-order valence-corrected chi connectivity index (χ1v) is 23.2. The number of para-hydroxylation sites is 1. The summed E-state index contributed by atoms with van der Waals surface area (Å²) >= 11 is 0. The van der Waals surface area contributed by atoms with E-state index in [1.54, 1.807) is 0 Å². The second-order valence-corrected chi connectivity index (χ2v) is 17.3. The number of benzene rings is 11. The third-order valence-corrected chi connectivity index (χ3v) is 13.1.